The number of fused-ring (bicyclic) bond motifs is 1. The third kappa shape index (κ3) is 2.51. The Hall–Kier alpha value is -2.18. The van der Waals surface area contributed by atoms with Crippen LogP contribution >= 0.6 is 0 Å². The van der Waals surface area contributed by atoms with E-state index in [1.807, 2.05) is 31.5 Å². The maximum atomic E-state index is 12.6. The predicted molar refractivity (Wildman–Crippen MR) is 83.6 cm³/mol. The summed E-state index contributed by atoms with van der Waals surface area (Å²) < 4.78 is 1.83. The van der Waals surface area contributed by atoms with Crippen LogP contribution in [0.15, 0.2) is 12.4 Å². The van der Waals surface area contributed by atoms with E-state index in [0.29, 0.717) is 6.54 Å². The molecule has 1 aliphatic rings. The molecular weight excluding hydrogens is 280 g/mol. The third-order valence-corrected chi connectivity index (χ3v) is 4.50. The van der Waals surface area contributed by atoms with E-state index in [1.54, 1.807) is 11.2 Å². The summed E-state index contributed by atoms with van der Waals surface area (Å²) in [4.78, 5) is 18.8. The minimum atomic E-state index is -0.307. The number of carbonyl (C=O) groups excluding carboxylic acids is 1. The van der Waals surface area contributed by atoms with E-state index in [2.05, 4.69) is 20.5 Å². The zero-order chi connectivity index (χ0) is 15.7. The van der Waals surface area contributed by atoms with Gasteiger partial charge in [-0.3, -0.25) is 9.20 Å². The van der Waals surface area contributed by atoms with E-state index >= 15 is 0 Å². The van der Waals surface area contributed by atoms with Crippen molar-refractivity contribution in [2.24, 2.45) is 5.41 Å². The highest BCUT2D eigenvalue weighted by molar-refractivity contribution is 5.83. The molecule has 0 unspecified atom stereocenters. The summed E-state index contributed by atoms with van der Waals surface area (Å²) in [6, 6.07) is 1.86. The number of aryl methyl sites for hydroxylation is 1. The Morgan fingerprint density at radius 3 is 2.82 bits per heavy atom. The lowest BCUT2D eigenvalue weighted by molar-refractivity contribution is -0.138. The lowest BCUT2D eigenvalue weighted by Gasteiger charge is -2.31. The summed E-state index contributed by atoms with van der Waals surface area (Å²) in [7, 11) is 3.65. The maximum Gasteiger partial charge on any atom is 0.230 e. The zero-order valence-electron chi connectivity index (χ0n) is 13.3. The highest BCUT2D eigenvalue weighted by atomic mass is 16.2. The number of amides is 1. The van der Waals surface area contributed by atoms with Crippen LogP contribution in [0.3, 0.4) is 0 Å². The smallest absolute Gasteiger partial charge is 0.230 e. The first-order valence-electron chi connectivity index (χ1n) is 7.65. The minimum absolute atomic E-state index is 0.206. The molecule has 2 aromatic heterocycles. The average molecular weight is 302 g/mol. The summed E-state index contributed by atoms with van der Waals surface area (Å²) in [5, 5.41) is 11.3. The molecule has 7 heteroatoms. The van der Waals surface area contributed by atoms with Crippen LogP contribution in [0.25, 0.3) is 5.65 Å². The summed E-state index contributed by atoms with van der Waals surface area (Å²) in [5.41, 5.74) is 0.452. The number of aromatic nitrogens is 4. The molecule has 0 spiro atoms. The molecule has 2 aromatic rings. The highest BCUT2D eigenvalue weighted by Gasteiger charge is 2.41. The van der Waals surface area contributed by atoms with E-state index in [4.69, 9.17) is 0 Å². The molecule has 0 saturated heterocycles. The standard InChI is InChI=1S/C15H22N6O/c1-11-18-12(8-13-19-17-10-21(11)13)16-9-15(6-4-5-7-15)14(22)20(2)3/h8,10,16H,4-7,9H2,1-3H3. The second-order valence-electron chi connectivity index (χ2n) is 6.29. The number of anilines is 1. The second kappa shape index (κ2) is 5.55. The molecule has 1 fully saturated rings. The van der Waals surface area contributed by atoms with Gasteiger partial charge in [-0.2, -0.15) is 0 Å². The predicted octanol–water partition coefficient (Wildman–Crippen LogP) is 1.49. The first-order valence-corrected chi connectivity index (χ1v) is 7.65. The molecule has 0 bridgehead atoms. The molecule has 118 valence electrons. The van der Waals surface area contributed by atoms with Crippen LogP contribution in [-0.2, 0) is 4.79 Å². The third-order valence-electron chi connectivity index (χ3n) is 4.50. The molecule has 3 rings (SSSR count). The van der Waals surface area contributed by atoms with Gasteiger partial charge in [-0.25, -0.2) is 4.98 Å². The topological polar surface area (TPSA) is 75.4 Å². The quantitative estimate of drug-likeness (QED) is 0.926. The lowest BCUT2D eigenvalue weighted by atomic mass is 9.84. The minimum Gasteiger partial charge on any atom is -0.369 e. The largest absolute Gasteiger partial charge is 0.369 e. The first-order chi connectivity index (χ1) is 10.5. The van der Waals surface area contributed by atoms with Crippen molar-refractivity contribution in [3.8, 4) is 0 Å². The number of hydrogen-bond acceptors (Lipinski definition) is 5. The molecule has 1 aliphatic carbocycles. The van der Waals surface area contributed by atoms with Gasteiger partial charge in [-0.1, -0.05) is 12.8 Å². The first kappa shape index (κ1) is 14.7. The van der Waals surface area contributed by atoms with Crippen LogP contribution in [0.2, 0.25) is 0 Å². The van der Waals surface area contributed by atoms with Crippen molar-refractivity contribution in [1.82, 2.24) is 24.5 Å². The Morgan fingerprint density at radius 1 is 1.41 bits per heavy atom. The molecule has 1 saturated carbocycles. The van der Waals surface area contributed by atoms with Gasteiger partial charge in [0.15, 0.2) is 5.65 Å². The molecule has 1 amide bonds. The zero-order valence-corrected chi connectivity index (χ0v) is 13.3. The summed E-state index contributed by atoms with van der Waals surface area (Å²) in [6.45, 7) is 2.53. The van der Waals surface area contributed by atoms with Crippen molar-refractivity contribution in [3.05, 3.63) is 18.2 Å². The average Bonchev–Trinajstić information content (AvgIpc) is 3.14. The van der Waals surface area contributed by atoms with E-state index < -0.39 is 0 Å². The van der Waals surface area contributed by atoms with Gasteiger partial charge in [0, 0.05) is 26.7 Å². The van der Waals surface area contributed by atoms with Crippen LogP contribution in [0, 0.1) is 12.3 Å². The van der Waals surface area contributed by atoms with Crippen molar-refractivity contribution in [3.63, 3.8) is 0 Å². The molecule has 0 aromatic carbocycles. The van der Waals surface area contributed by atoms with Gasteiger partial charge < -0.3 is 10.2 Å². The summed E-state index contributed by atoms with van der Waals surface area (Å²) >= 11 is 0. The molecule has 2 heterocycles. The van der Waals surface area contributed by atoms with Crippen LogP contribution < -0.4 is 5.32 Å². The summed E-state index contributed by atoms with van der Waals surface area (Å²) in [5.74, 6) is 1.78. The number of nitrogens with zero attached hydrogens (tertiary/aromatic N) is 5. The Balaban J connectivity index is 1.80. The van der Waals surface area contributed by atoms with Crippen molar-refractivity contribution in [1.29, 1.82) is 0 Å². The molecular formula is C15H22N6O. The van der Waals surface area contributed by atoms with Gasteiger partial charge in [0.25, 0.3) is 0 Å². The van der Waals surface area contributed by atoms with E-state index in [1.165, 1.54) is 0 Å². The molecule has 0 atom stereocenters. The van der Waals surface area contributed by atoms with Gasteiger partial charge in [0.05, 0.1) is 5.41 Å². The van der Waals surface area contributed by atoms with Crippen LogP contribution in [0.1, 0.15) is 31.5 Å². The van der Waals surface area contributed by atoms with Gasteiger partial charge in [-0.05, 0) is 19.8 Å². The normalized spacial score (nSPS) is 16.9. The number of rotatable bonds is 4. The number of carbonyl (C=O) groups is 1. The molecule has 0 aliphatic heterocycles. The van der Waals surface area contributed by atoms with Crippen molar-refractivity contribution in [2.75, 3.05) is 26.0 Å². The fraction of sp³-hybridized carbons (Fsp3) is 0.600. The maximum absolute atomic E-state index is 12.6. The fourth-order valence-electron chi connectivity index (χ4n) is 3.32. The van der Waals surface area contributed by atoms with E-state index in [0.717, 1.165) is 43.0 Å². The Kier molecular flexibility index (Phi) is 3.72. The van der Waals surface area contributed by atoms with Gasteiger partial charge in [0.1, 0.15) is 18.0 Å². The lowest BCUT2D eigenvalue weighted by Crippen LogP contribution is -2.43. The Bertz CT molecular complexity index is 686. The monoisotopic (exact) mass is 302 g/mol. The highest BCUT2D eigenvalue weighted by Crippen LogP contribution is 2.39. The molecule has 1 N–H and O–H groups in total. The Morgan fingerprint density at radius 2 is 2.14 bits per heavy atom. The molecule has 22 heavy (non-hydrogen) atoms. The van der Waals surface area contributed by atoms with Crippen LogP contribution in [0.5, 0.6) is 0 Å². The number of nitrogens with one attached hydrogen (secondary N) is 1. The SMILES string of the molecule is Cc1nc(NCC2(C(=O)N(C)C)CCCC2)cc2nncn12. The van der Waals surface area contributed by atoms with Crippen molar-refractivity contribution >= 4 is 17.4 Å². The molecule has 7 nitrogen and oxygen atoms in total. The van der Waals surface area contributed by atoms with Gasteiger partial charge in [-0.15, -0.1) is 10.2 Å². The van der Waals surface area contributed by atoms with Crippen LogP contribution in [-0.4, -0.2) is 51.0 Å². The van der Waals surface area contributed by atoms with Crippen LogP contribution in [0.4, 0.5) is 5.82 Å². The molecule has 0 radical (unpaired) electrons. The van der Waals surface area contributed by atoms with E-state index in [-0.39, 0.29) is 11.3 Å². The van der Waals surface area contributed by atoms with Crippen molar-refractivity contribution < 1.29 is 4.79 Å². The number of hydrogen-bond donors (Lipinski definition) is 1. The van der Waals surface area contributed by atoms with E-state index in [9.17, 15) is 4.79 Å². The summed E-state index contributed by atoms with van der Waals surface area (Å²) in [6.07, 6.45) is 5.73. The fourth-order valence-corrected chi connectivity index (χ4v) is 3.32. The van der Waals surface area contributed by atoms with Crippen molar-refractivity contribution in [2.45, 2.75) is 32.6 Å². The van der Waals surface area contributed by atoms with Gasteiger partial charge >= 0.3 is 0 Å². The van der Waals surface area contributed by atoms with Gasteiger partial charge in [0.2, 0.25) is 5.91 Å². The Labute approximate surface area is 129 Å². The second-order valence-corrected chi connectivity index (χ2v) is 6.29.